The minimum atomic E-state index is -1.01. The Balaban J connectivity index is 1.52. The summed E-state index contributed by atoms with van der Waals surface area (Å²) in [5.74, 6) is -1.67. The Labute approximate surface area is 190 Å². The summed E-state index contributed by atoms with van der Waals surface area (Å²) in [6.07, 6.45) is 0.124. The molecule has 0 saturated carbocycles. The van der Waals surface area contributed by atoms with E-state index in [-0.39, 0.29) is 24.9 Å². The number of rotatable bonds is 6. The molecule has 0 aromatic heterocycles. The maximum absolute atomic E-state index is 14.1. The quantitative estimate of drug-likeness (QED) is 0.500. The number of ether oxygens (including phenoxy) is 1. The monoisotopic (exact) mass is 455 g/mol. The lowest BCUT2D eigenvalue weighted by Crippen LogP contribution is -2.49. The molecule has 7 heteroatoms. The van der Waals surface area contributed by atoms with Crippen LogP contribution in [-0.4, -0.2) is 29.3 Å². The molecule has 4 rings (SSSR count). The molecule has 3 aromatic rings. The fourth-order valence-electron chi connectivity index (χ4n) is 4.32. The molecule has 172 valence electrons. The van der Waals surface area contributed by atoms with E-state index >= 15 is 0 Å². The van der Waals surface area contributed by atoms with E-state index in [9.17, 15) is 23.1 Å². The molecule has 1 fully saturated rings. The molecule has 0 spiro atoms. The van der Waals surface area contributed by atoms with Gasteiger partial charge in [0.1, 0.15) is 23.1 Å². The Morgan fingerprint density at radius 2 is 1.67 bits per heavy atom. The Hall–Kier alpha value is -3.32. The van der Waals surface area contributed by atoms with Crippen molar-refractivity contribution in [3.8, 4) is 11.1 Å². The van der Waals surface area contributed by atoms with Crippen LogP contribution in [0.4, 0.5) is 18.0 Å². The predicted molar refractivity (Wildman–Crippen MR) is 118 cm³/mol. The number of amides is 1. The lowest BCUT2D eigenvalue weighted by Gasteiger charge is -2.43. The van der Waals surface area contributed by atoms with Gasteiger partial charge in [-0.05, 0) is 47.9 Å². The number of halogens is 3. The number of aliphatic hydroxyl groups excluding tert-OH is 1. The van der Waals surface area contributed by atoms with Gasteiger partial charge in [0.05, 0.1) is 6.04 Å². The first kappa shape index (κ1) is 22.9. The lowest BCUT2D eigenvalue weighted by molar-refractivity contribution is -0.0718. The van der Waals surface area contributed by atoms with Crippen LogP contribution in [0, 0.1) is 17.5 Å². The van der Waals surface area contributed by atoms with E-state index in [1.54, 1.807) is 41.3 Å². The highest BCUT2D eigenvalue weighted by Gasteiger charge is 2.43. The molecule has 1 aliphatic heterocycles. The number of cyclic esters (lactones) is 1. The van der Waals surface area contributed by atoms with Gasteiger partial charge in [-0.2, -0.15) is 0 Å². The van der Waals surface area contributed by atoms with Gasteiger partial charge >= 0.3 is 6.09 Å². The van der Waals surface area contributed by atoms with Crippen molar-refractivity contribution in [1.82, 2.24) is 4.90 Å². The van der Waals surface area contributed by atoms with Crippen LogP contribution in [0.25, 0.3) is 11.1 Å². The van der Waals surface area contributed by atoms with Gasteiger partial charge in [-0.3, -0.25) is 0 Å². The zero-order valence-electron chi connectivity index (χ0n) is 18.1. The summed E-state index contributed by atoms with van der Waals surface area (Å²) in [7, 11) is 0. The normalized spacial score (nSPS) is 19.3. The van der Waals surface area contributed by atoms with Crippen LogP contribution in [0.1, 0.15) is 36.9 Å². The lowest BCUT2D eigenvalue weighted by atomic mass is 9.85. The average Bonchev–Trinajstić information content (AvgIpc) is 2.79. The molecule has 1 saturated heterocycles. The van der Waals surface area contributed by atoms with Crippen molar-refractivity contribution in [2.75, 3.05) is 13.2 Å². The van der Waals surface area contributed by atoms with Gasteiger partial charge in [0.2, 0.25) is 0 Å². The summed E-state index contributed by atoms with van der Waals surface area (Å²) in [6.45, 7) is 2.07. The fraction of sp³-hybridized carbons (Fsp3) is 0.269. The summed E-state index contributed by atoms with van der Waals surface area (Å²) in [5, 5.41) is 9.57. The first-order chi connectivity index (χ1) is 15.8. The van der Waals surface area contributed by atoms with Gasteiger partial charge in [0.25, 0.3) is 0 Å². The van der Waals surface area contributed by atoms with Crippen molar-refractivity contribution in [1.29, 1.82) is 0 Å². The number of hydrogen-bond donors (Lipinski definition) is 1. The first-order valence-electron chi connectivity index (χ1n) is 10.7. The van der Waals surface area contributed by atoms with Crippen molar-refractivity contribution in [3.63, 3.8) is 0 Å². The first-order valence-corrected chi connectivity index (χ1v) is 10.7. The van der Waals surface area contributed by atoms with Crippen molar-refractivity contribution >= 4 is 6.09 Å². The molecule has 1 heterocycles. The van der Waals surface area contributed by atoms with E-state index in [0.29, 0.717) is 29.7 Å². The molecular formula is C26H24F3NO3. The molecule has 33 heavy (non-hydrogen) atoms. The molecule has 0 radical (unpaired) electrons. The molecular weight excluding hydrogens is 431 g/mol. The molecule has 4 nitrogen and oxygen atoms in total. The minimum Gasteiger partial charge on any atom is -0.438 e. The SMILES string of the molecule is C[C@@H](c1ccc(-c2ccc(F)cc2F)cc1)N1CCC(CCO)(c2ccc(F)cc2)OC1=O. The number of carbonyl (C=O) groups is 1. The third kappa shape index (κ3) is 4.59. The average molecular weight is 455 g/mol. The fourth-order valence-corrected chi connectivity index (χ4v) is 4.32. The van der Waals surface area contributed by atoms with Crippen LogP contribution in [-0.2, 0) is 10.3 Å². The summed E-state index contributed by atoms with van der Waals surface area (Å²) in [6, 6.07) is 15.9. The molecule has 2 atom stereocenters. The summed E-state index contributed by atoms with van der Waals surface area (Å²) < 4.78 is 46.5. The standard InChI is InChI=1S/C26H24F3NO3/c1-17(18-2-4-19(5-3-18)23-11-10-22(28)16-24(23)29)30-14-12-26(13-15-31,33-25(30)32)20-6-8-21(27)9-7-20/h2-11,16-17,31H,12-15H2,1H3/t17-,26?/m0/s1. The number of aliphatic hydroxyl groups is 1. The Bertz CT molecular complexity index is 1130. The highest BCUT2D eigenvalue weighted by Crippen LogP contribution is 2.39. The van der Waals surface area contributed by atoms with E-state index in [1.165, 1.54) is 24.3 Å². The predicted octanol–water partition coefficient (Wildman–Crippen LogP) is 5.95. The van der Waals surface area contributed by atoms with Gasteiger partial charge in [-0.15, -0.1) is 0 Å². The molecule has 1 unspecified atom stereocenters. The van der Waals surface area contributed by atoms with Crippen LogP contribution >= 0.6 is 0 Å². The van der Waals surface area contributed by atoms with E-state index in [2.05, 4.69) is 0 Å². The van der Waals surface area contributed by atoms with Crippen LogP contribution < -0.4 is 0 Å². The van der Waals surface area contributed by atoms with Crippen LogP contribution in [0.15, 0.2) is 66.7 Å². The van der Waals surface area contributed by atoms with E-state index in [4.69, 9.17) is 4.74 Å². The molecule has 0 bridgehead atoms. The molecule has 1 N–H and O–H groups in total. The van der Waals surface area contributed by atoms with Crippen molar-refractivity contribution in [3.05, 3.63) is 95.3 Å². The number of hydrogen-bond acceptors (Lipinski definition) is 3. The largest absolute Gasteiger partial charge is 0.438 e. The second kappa shape index (κ2) is 9.27. The van der Waals surface area contributed by atoms with Crippen molar-refractivity contribution in [2.45, 2.75) is 31.4 Å². The molecule has 1 amide bonds. The van der Waals surface area contributed by atoms with Crippen LogP contribution in [0.2, 0.25) is 0 Å². The van der Waals surface area contributed by atoms with Gasteiger partial charge in [0.15, 0.2) is 0 Å². The molecule has 1 aliphatic rings. The Kier molecular flexibility index (Phi) is 6.42. The maximum atomic E-state index is 14.1. The highest BCUT2D eigenvalue weighted by atomic mass is 19.1. The summed E-state index contributed by atoms with van der Waals surface area (Å²) in [5.41, 5.74) is 1.35. The van der Waals surface area contributed by atoms with Crippen molar-refractivity contribution in [2.24, 2.45) is 0 Å². The molecule has 0 aliphatic carbocycles. The number of carbonyl (C=O) groups excluding carboxylic acids is 1. The Morgan fingerprint density at radius 3 is 2.27 bits per heavy atom. The van der Waals surface area contributed by atoms with E-state index < -0.39 is 23.3 Å². The zero-order chi connectivity index (χ0) is 23.6. The van der Waals surface area contributed by atoms with E-state index in [0.717, 1.165) is 11.6 Å². The smallest absolute Gasteiger partial charge is 0.411 e. The zero-order valence-corrected chi connectivity index (χ0v) is 18.1. The highest BCUT2D eigenvalue weighted by molar-refractivity contribution is 5.70. The summed E-state index contributed by atoms with van der Waals surface area (Å²) in [4.78, 5) is 14.6. The third-order valence-electron chi connectivity index (χ3n) is 6.26. The summed E-state index contributed by atoms with van der Waals surface area (Å²) >= 11 is 0. The second-order valence-corrected chi connectivity index (χ2v) is 8.21. The van der Waals surface area contributed by atoms with Gasteiger partial charge in [0, 0.05) is 37.6 Å². The number of nitrogens with zero attached hydrogens (tertiary/aromatic N) is 1. The van der Waals surface area contributed by atoms with Gasteiger partial charge < -0.3 is 14.7 Å². The minimum absolute atomic E-state index is 0.179. The second-order valence-electron chi connectivity index (χ2n) is 8.21. The van der Waals surface area contributed by atoms with Gasteiger partial charge in [-0.25, -0.2) is 18.0 Å². The topological polar surface area (TPSA) is 49.8 Å². The van der Waals surface area contributed by atoms with Crippen molar-refractivity contribution < 1.29 is 27.8 Å². The molecule has 3 aromatic carbocycles. The van der Waals surface area contributed by atoms with E-state index in [1.807, 2.05) is 6.92 Å². The third-order valence-corrected chi connectivity index (χ3v) is 6.26. The number of benzene rings is 3. The van der Waals surface area contributed by atoms with Crippen LogP contribution in [0.3, 0.4) is 0 Å². The van der Waals surface area contributed by atoms with Crippen LogP contribution in [0.5, 0.6) is 0 Å². The maximum Gasteiger partial charge on any atom is 0.411 e. The Morgan fingerprint density at radius 1 is 1.00 bits per heavy atom. The van der Waals surface area contributed by atoms with Gasteiger partial charge in [-0.1, -0.05) is 36.4 Å².